The van der Waals surface area contributed by atoms with Crippen molar-refractivity contribution < 1.29 is 9.53 Å². The van der Waals surface area contributed by atoms with Crippen LogP contribution in [0.3, 0.4) is 0 Å². The molecule has 1 aromatic rings. The Bertz CT molecular complexity index is 483. The molecule has 0 radical (unpaired) electrons. The molecule has 0 aliphatic heterocycles. The Balaban J connectivity index is 1.88. The minimum atomic E-state index is 0.0362. The Kier molecular flexibility index (Phi) is 5.62. The number of carbonyl (C=O) groups excluding carboxylic acids is 1. The van der Waals surface area contributed by atoms with Gasteiger partial charge in [-0.2, -0.15) is 0 Å². The normalized spacial score (nSPS) is 14.6. The second kappa shape index (κ2) is 7.70. The van der Waals surface area contributed by atoms with Crippen LogP contribution in [0.15, 0.2) is 35.9 Å². The van der Waals surface area contributed by atoms with Crippen LogP contribution in [0.1, 0.15) is 32.1 Å². The van der Waals surface area contributed by atoms with Crippen LogP contribution in [-0.4, -0.2) is 19.1 Å². The standard InChI is InChI=1S/C16H22N2O2/c17-9-10-20-15-8-4-7-14(12-15)18-16(19)11-13-5-2-1-3-6-13/h4-5,7-8,12H,1-3,6,9-11,17H2,(H,18,19). The van der Waals surface area contributed by atoms with Gasteiger partial charge in [-0.15, -0.1) is 0 Å². The first-order valence-electron chi connectivity index (χ1n) is 7.18. The Hall–Kier alpha value is -1.81. The highest BCUT2D eigenvalue weighted by Gasteiger charge is 2.09. The zero-order chi connectivity index (χ0) is 14.2. The summed E-state index contributed by atoms with van der Waals surface area (Å²) in [5, 5.41) is 2.92. The largest absolute Gasteiger partial charge is 0.492 e. The van der Waals surface area contributed by atoms with E-state index in [0.717, 1.165) is 24.3 Å². The van der Waals surface area contributed by atoms with Crippen LogP contribution in [0, 0.1) is 0 Å². The smallest absolute Gasteiger partial charge is 0.228 e. The fourth-order valence-electron chi connectivity index (χ4n) is 2.32. The zero-order valence-corrected chi connectivity index (χ0v) is 11.7. The van der Waals surface area contributed by atoms with Crippen molar-refractivity contribution in [3.63, 3.8) is 0 Å². The van der Waals surface area contributed by atoms with Crippen LogP contribution >= 0.6 is 0 Å². The van der Waals surface area contributed by atoms with Gasteiger partial charge in [0.2, 0.25) is 5.91 Å². The highest BCUT2D eigenvalue weighted by molar-refractivity contribution is 5.92. The molecule has 1 amide bonds. The number of nitrogens with one attached hydrogen (secondary N) is 1. The van der Waals surface area contributed by atoms with Crippen molar-refractivity contribution in [1.82, 2.24) is 0 Å². The molecular weight excluding hydrogens is 252 g/mol. The Morgan fingerprint density at radius 2 is 2.25 bits per heavy atom. The fourth-order valence-corrected chi connectivity index (χ4v) is 2.32. The predicted octanol–water partition coefficient (Wildman–Crippen LogP) is 2.85. The number of ether oxygens (including phenoxy) is 1. The molecule has 0 heterocycles. The lowest BCUT2D eigenvalue weighted by atomic mass is 9.97. The van der Waals surface area contributed by atoms with Gasteiger partial charge in [-0.1, -0.05) is 17.7 Å². The van der Waals surface area contributed by atoms with Crippen molar-refractivity contribution in [3.8, 4) is 5.75 Å². The average Bonchev–Trinajstić information content (AvgIpc) is 2.46. The van der Waals surface area contributed by atoms with Gasteiger partial charge in [-0.05, 0) is 37.8 Å². The van der Waals surface area contributed by atoms with Crippen LogP contribution in [0.5, 0.6) is 5.75 Å². The van der Waals surface area contributed by atoms with E-state index in [9.17, 15) is 4.79 Å². The number of allylic oxidation sites excluding steroid dienone is 1. The lowest BCUT2D eigenvalue weighted by Crippen LogP contribution is -2.13. The van der Waals surface area contributed by atoms with Crippen molar-refractivity contribution in [2.24, 2.45) is 5.73 Å². The summed E-state index contributed by atoms with van der Waals surface area (Å²) < 4.78 is 5.44. The van der Waals surface area contributed by atoms with E-state index in [0.29, 0.717) is 19.6 Å². The third kappa shape index (κ3) is 4.70. The summed E-state index contributed by atoms with van der Waals surface area (Å²) in [6.45, 7) is 0.953. The lowest BCUT2D eigenvalue weighted by Gasteiger charge is -2.13. The molecule has 2 rings (SSSR count). The maximum Gasteiger partial charge on any atom is 0.228 e. The summed E-state index contributed by atoms with van der Waals surface area (Å²) in [6.07, 6.45) is 7.28. The summed E-state index contributed by atoms with van der Waals surface area (Å²) in [7, 11) is 0. The van der Waals surface area contributed by atoms with E-state index in [4.69, 9.17) is 10.5 Å². The van der Waals surface area contributed by atoms with E-state index < -0.39 is 0 Å². The summed E-state index contributed by atoms with van der Waals surface area (Å²) in [5.74, 6) is 0.763. The Morgan fingerprint density at radius 3 is 3.00 bits per heavy atom. The third-order valence-electron chi connectivity index (χ3n) is 3.28. The van der Waals surface area contributed by atoms with Gasteiger partial charge in [0, 0.05) is 24.7 Å². The van der Waals surface area contributed by atoms with Gasteiger partial charge in [0.15, 0.2) is 0 Å². The molecule has 0 bridgehead atoms. The van der Waals surface area contributed by atoms with Crippen molar-refractivity contribution in [2.45, 2.75) is 32.1 Å². The maximum atomic E-state index is 12.0. The number of anilines is 1. The topological polar surface area (TPSA) is 64.3 Å². The quantitative estimate of drug-likeness (QED) is 0.784. The number of benzene rings is 1. The minimum Gasteiger partial charge on any atom is -0.492 e. The second-order valence-corrected chi connectivity index (χ2v) is 5.00. The lowest BCUT2D eigenvalue weighted by molar-refractivity contribution is -0.115. The number of rotatable bonds is 6. The van der Waals surface area contributed by atoms with E-state index in [1.807, 2.05) is 24.3 Å². The van der Waals surface area contributed by atoms with Gasteiger partial charge >= 0.3 is 0 Å². The van der Waals surface area contributed by atoms with Crippen LogP contribution in [0.4, 0.5) is 5.69 Å². The van der Waals surface area contributed by atoms with Crippen molar-refractivity contribution in [2.75, 3.05) is 18.5 Å². The fraction of sp³-hybridized carbons (Fsp3) is 0.438. The van der Waals surface area contributed by atoms with Crippen molar-refractivity contribution in [3.05, 3.63) is 35.9 Å². The minimum absolute atomic E-state index is 0.0362. The third-order valence-corrected chi connectivity index (χ3v) is 3.28. The molecule has 0 unspecified atom stereocenters. The molecule has 3 N–H and O–H groups in total. The molecular formula is C16H22N2O2. The molecule has 0 atom stereocenters. The molecule has 0 saturated carbocycles. The van der Waals surface area contributed by atoms with Gasteiger partial charge in [0.05, 0.1) is 0 Å². The highest BCUT2D eigenvalue weighted by atomic mass is 16.5. The van der Waals surface area contributed by atoms with Crippen LogP contribution in [0.2, 0.25) is 0 Å². The molecule has 20 heavy (non-hydrogen) atoms. The number of hydrogen-bond acceptors (Lipinski definition) is 3. The Labute approximate surface area is 120 Å². The molecule has 0 fully saturated rings. The maximum absolute atomic E-state index is 12.0. The van der Waals surface area contributed by atoms with Gasteiger partial charge in [-0.25, -0.2) is 0 Å². The molecule has 0 spiro atoms. The number of carbonyl (C=O) groups is 1. The van der Waals surface area contributed by atoms with Gasteiger partial charge < -0.3 is 15.8 Å². The zero-order valence-electron chi connectivity index (χ0n) is 11.7. The van der Waals surface area contributed by atoms with E-state index in [1.165, 1.54) is 18.4 Å². The second-order valence-electron chi connectivity index (χ2n) is 5.00. The van der Waals surface area contributed by atoms with Crippen LogP contribution < -0.4 is 15.8 Å². The first-order chi connectivity index (χ1) is 9.78. The monoisotopic (exact) mass is 274 g/mol. The van der Waals surface area contributed by atoms with Crippen LogP contribution in [-0.2, 0) is 4.79 Å². The van der Waals surface area contributed by atoms with E-state index in [-0.39, 0.29) is 5.91 Å². The summed E-state index contributed by atoms with van der Waals surface area (Å²) in [5.41, 5.74) is 7.42. The molecule has 1 aromatic carbocycles. The molecule has 1 aliphatic rings. The molecule has 1 aliphatic carbocycles. The van der Waals surface area contributed by atoms with Gasteiger partial charge in [0.25, 0.3) is 0 Å². The molecule has 0 aromatic heterocycles. The number of hydrogen-bond donors (Lipinski definition) is 2. The number of nitrogens with two attached hydrogens (primary N) is 1. The summed E-state index contributed by atoms with van der Waals surface area (Å²) in [6, 6.07) is 7.40. The first kappa shape index (κ1) is 14.6. The SMILES string of the molecule is NCCOc1cccc(NC(=O)CC2=CCCCC2)c1. The summed E-state index contributed by atoms with van der Waals surface area (Å²) in [4.78, 5) is 12.0. The molecule has 4 nitrogen and oxygen atoms in total. The van der Waals surface area contributed by atoms with Gasteiger partial charge in [0.1, 0.15) is 12.4 Å². The average molecular weight is 274 g/mol. The highest BCUT2D eigenvalue weighted by Crippen LogP contribution is 2.21. The number of amides is 1. The van der Waals surface area contributed by atoms with E-state index in [1.54, 1.807) is 0 Å². The predicted molar refractivity (Wildman–Crippen MR) is 80.8 cm³/mol. The van der Waals surface area contributed by atoms with E-state index in [2.05, 4.69) is 11.4 Å². The summed E-state index contributed by atoms with van der Waals surface area (Å²) >= 11 is 0. The van der Waals surface area contributed by atoms with Gasteiger partial charge in [-0.3, -0.25) is 4.79 Å². The van der Waals surface area contributed by atoms with Crippen LogP contribution in [0.25, 0.3) is 0 Å². The Morgan fingerprint density at radius 1 is 1.35 bits per heavy atom. The molecule has 4 heteroatoms. The van der Waals surface area contributed by atoms with Crippen molar-refractivity contribution >= 4 is 11.6 Å². The molecule has 0 saturated heterocycles. The van der Waals surface area contributed by atoms with E-state index >= 15 is 0 Å². The first-order valence-corrected chi connectivity index (χ1v) is 7.18. The molecule has 108 valence electrons. The van der Waals surface area contributed by atoms with Crippen molar-refractivity contribution in [1.29, 1.82) is 0 Å².